The summed E-state index contributed by atoms with van der Waals surface area (Å²) in [5.74, 6) is -0.778. The molecule has 5 nitrogen and oxygen atoms in total. The summed E-state index contributed by atoms with van der Waals surface area (Å²) in [6.07, 6.45) is 6.37. The van der Waals surface area contributed by atoms with Crippen LogP contribution in [-0.4, -0.2) is 36.1 Å². The minimum absolute atomic E-state index is 0. The molecule has 1 saturated carbocycles. The van der Waals surface area contributed by atoms with Crippen LogP contribution in [0.2, 0.25) is 0 Å². The van der Waals surface area contributed by atoms with Crippen LogP contribution in [0.25, 0.3) is 0 Å². The van der Waals surface area contributed by atoms with Crippen LogP contribution in [-0.2, 0) is 4.79 Å². The largest absolute Gasteiger partial charge is 0.481 e. The molecule has 1 aromatic rings. The third-order valence-electron chi connectivity index (χ3n) is 6.00. The summed E-state index contributed by atoms with van der Waals surface area (Å²) >= 11 is 0. The molecule has 1 amide bonds. The fraction of sp³-hybridized carbons (Fsp3) is 0.619. The first-order valence-corrected chi connectivity index (χ1v) is 10.1. The predicted octanol–water partition coefficient (Wildman–Crippen LogP) is 3.87. The fourth-order valence-electron chi connectivity index (χ4n) is 4.31. The number of halogens is 2. The summed E-state index contributed by atoms with van der Waals surface area (Å²) in [6.45, 7) is 1.90. The summed E-state index contributed by atoms with van der Waals surface area (Å²) in [6, 6.07) is 5.06. The average Bonchev–Trinajstić information content (AvgIpc) is 2.68. The van der Waals surface area contributed by atoms with Gasteiger partial charge in [0.15, 0.2) is 0 Å². The van der Waals surface area contributed by atoms with E-state index in [1.807, 2.05) is 6.07 Å². The maximum atomic E-state index is 14.5. The number of amides is 1. The van der Waals surface area contributed by atoms with Gasteiger partial charge in [-0.15, -0.1) is 12.4 Å². The van der Waals surface area contributed by atoms with Crippen LogP contribution >= 0.6 is 12.4 Å². The molecule has 3 N–H and O–H groups in total. The molecule has 28 heavy (non-hydrogen) atoms. The van der Waals surface area contributed by atoms with Crippen LogP contribution in [0.15, 0.2) is 18.2 Å². The maximum absolute atomic E-state index is 14.5. The van der Waals surface area contributed by atoms with Crippen molar-refractivity contribution in [2.45, 2.75) is 63.3 Å². The first-order chi connectivity index (χ1) is 13.0. The van der Waals surface area contributed by atoms with Crippen LogP contribution in [0, 0.1) is 11.7 Å². The Morgan fingerprint density at radius 2 is 1.79 bits per heavy atom. The molecule has 2 fully saturated rings. The molecule has 0 radical (unpaired) electrons. The van der Waals surface area contributed by atoms with E-state index >= 15 is 0 Å². The predicted molar refractivity (Wildman–Crippen MR) is 109 cm³/mol. The van der Waals surface area contributed by atoms with E-state index in [9.17, 15) is 14.0 Å². The summed E-state index contributed by atoms with van der Waals surface area (Å²) in [5, 5.41) is 15.0. The maximum Gasteiger partial charge on any atom is 0.303 e. The van der Waals surface area contributed by atoms with E-state index in [2.05, 4.69) is 10.6 Å². The Morgan fingerprint density at radius 3 is 2.39 bits per heavy atom. The van der Waals surface area contributed by atoms with Gasteiger partial charge < -0.3 is 15.7 Å². The van der Waals surface area contributed by atoms with E-state index < -0.39 is 11.8 Å². The number of nitrogens with one attached hydrogen (secondary N) is 2. The Labute approximate surface area is 171 Å². The number of rotatable bonds is 6. The fourth-order valence-corrected chi connectivity index (χ4v) is 4.31. The summed E-state index contributed by atoms with van der Waals surface area (Å²) in [7, 11) is 0. The van der Waals surface area contributed by atoms with E-state index in [0.29, 0.717) is 18.3 Å². The highest BCUT2D eigenvalue weighted by Crippen LogP contribution is 2.29. The Hall–Kier alpha value is -1.66. The second-order valence-corrected chi connectivity index (χ2v) is 7.89. The van der Waals surface area contributed by atoms with Crippen LogP contribution in [0.5, 0.6) is 0 Å². The van der Waals surface area contributed by atoms with Gasteiger partial charge in [-0.3, -0.25) is 9.59 Å². The van der Waals surface area contributed by atoms with E-state index in [1.165, 1.54) is 6.07 Å². The molecule has 1 aromatic carbocycles. The molecule has 2 aliphatic rings. The van der Waals surface area contributed by atoms with Crippen molar-refractivity contribution in [1.29, 1.82) is 0 Å². The molecule has 0 atom stereocenters. The zero-order chi connectivity index (χ0) is 19.2. The van der Waals surface area contributed by atoms with Gasteiger partial charge in [0.2, 0.25) is 0 Å². The number of hydrogen-bond acceptors (Lipinski definition) is 3. The number of hydrogen-bond donors (Lipinski definition) is 3. The van der Waals surface area contributed by atoms with Crippen molar-refractivity contribution in [3.05, 3.63) is 35.1 Å². The normalized spacial score (nSPS) is 22.9. The van der Waals surface area contributed by atoms with E-state index in [-0.39, 0.29) is 36.3 Å². The number of carboxylic acids is 1. The van der Waals surface area contributed by atoms with Crippen molar-refractivity contribution in [2.75, 3.05) is 13.1 Å². The zero-order valence-corrected chi connectivity index (χ0v) is 16.9. The van der Waals surface area contributed by atoms with Gasteiger partial charge >= 0.3 is 5.97 Å². The lowest BCUT2D eigenvalue weighted by Crippen LogP contribution is -2.38. The van der Waals surface area contributed by atoms with Gasteiger partial charge in [-0.2, -0.15) is 0 Å². The minimum Gasteiger partial charge on any atom is -0.481 e. The van der Waals surface area contributed by atoms with Gasteiger partial charge in [0.05, 0.1) is 5.56 Å². The standard InChI is InChI=1S/C21H29FN2O3.ClH/c22-19-13-16(15-9-11-23-12-10-15)4-7-18(19)21(27)24-17-5-1-14(2-6-17)3-8-20(25)26;/h4,7,13-15,17,23H,1-3,5-6,8-12H2,(H,24,27)(H,25,26);1H. The molecule has 7 heteroatoms. The number of benzene rings is 1. The molecule has 0 unspecified atom stereocenters. The number of carbonyl (C=O) groups is 2. The quantitative estimate of drug-likeness (QED) is 0.662. The third kappa shape index (κ3) is 6.17. The lowest BCUT2D eigenvalue weighted by molar-refractivity contribution is -0.137. The SMILES string of the molecule is Cl.O=C(O)CCC1CCC(NC(=O)c2ccc(C3CCNCC3)cc2F)CC1. The Bertz CT molecular complexity index is 672. The number of aliphatic carboxylic acids is 1. The van der Waals surface area contributed by atoms with Crippen LogP contribution in [0.1, 0.15) is 73.2 Å². The van der Waals surface area contributed by atoms with Gasteiger partial charge in [-0.1, -0.05) is 6.07 Å². The summed E-state index contributed by atoms with van der Waals surface area (Å²) in [5.41, 5.74) is 1.09. The Morgan fingerprint density at radius 1 is 1.11 bits per heavy atom. The average molecular weight is 413 g/mol. The van der Waals surface area contributed by atoms with Gasteiger partial charge in [-0.25, -0.2) is 4.39 Å². The van der Waals surface area contributed by atoms with Gasteiger partial charge in [0.1, 0.15) is 5.82 Å². The second kappa shape index (κ2) is 10.8. The van der Waals surface area contributed by atoms with Gasteiger partial charge in [0.25, 0.3) is 5.91 Å². The minimum atomic E-state index is -0.756. The van der Waals surface area contributed by atoms with Crippen LogP contribution < -0.4 is 10.6 Å². The molecule has 156 valence electrons. The Balaban J connectivity index is 0.00000280. The summed E-state index contributed by atoms with van der Waals surface area (Å²) in [4.78, 5) is 23.1. The molecule has 1 heterocycles. The first-order valence-electron chi connectivity index (χ1n) is 10.1. The van der Waals surface area contributed by atoms with E-state index in [4.69, 9.17) is 5.11 Å². The molecular formula is C21H30ClFN2O3. The number of carboxylic acid groups (broad SMARTS) is 1. The van der Waals surface area contributed by atoms with E-state index in [0.717, 1.165) is 57.2 Å². The van der Waals surface area contributed by atoms with Crippen molar-refractivity contribution in [2.24, 2.45) is 5.92 Å². The van der Waals surface area contributed by atoms with Crippen molar-refractivity contribution >= 4 is 24.3 Å². The molecular weight excluding hydrogens is 383 g/mol. The first kappa shape index (κ1) is 22.6. The molecule has 0 aromatic heterocycles. The Kier molecular flexibility index (Phi) is 8.70. The molecule has 1 saturated heterocycles. The highest BCUT2D eigenvalue weighted by atomic mass is 35.5. The smallest absolute Gasteiger partial charge is 0.303 e. The highest BCUT2D eigenvalue weighted by molar-refractivity contribution is 5.94. The molecule has 3 rings (SSSR count). The number of carbonyl (C=O) groups excluding carboxylic acids is 1. The monoisotopic (exact) mass is 412 g/mol. The van der Waals surface area contributed by atoms with Crippen molar-refractivity contribution in [1.82, 2.24) is 10.6 Å². The van der Waals surface area contributed by atoms with Crippen molar-refractivity contribution in [3.8, 4) is 0 Å². The van der Waals surface area contributed by atoms with Gasteiger partial charge in [-0.05, 0) is 87.6 Å². The molecule has 1 aliphatic carbocycles. The third-order valence-corrected chi connectivity index (χ3v) is 6.00. The molecule has 0 bridgehead atoms. The van der Waals surface area contributed by atoms with Crippen molar-refractivity contribution < 1.29 is 19.1 Å². The van der Waals surface area contributed by atoms with Crippen LogP contribution in [0.3, 0.4) is 0 Å². The lowest BCUT2D eigenvalue weighted by Gasteiger charge is -2.29. The van der Waals surface area contributed by atoms with Gasteiger partial charge in [0, 0.05) is 12.5 Å². The van der Waals surface area contributed by atoms with Crippen molar-refractivity contribution in [3.63, 3.8) is 0 Å². The number of piperidine rings is 1. The lowest BCUT2D eigenvalue weighted by atomic mass is 9.83. The van der Waals surface area contributed by atoms with E-state index in [1.54, 1.807) is 6.07 Å². The zero-order valence-electron chi connectivity index (χ0n) is 16.1. The highest BCUT2D eigenvalue weighted by Gasteiger charge is 2.24. The topological polar surface area (TPSA) is 78.4 Å². The summed E-state index contributed by atoms with van der Waals surface area (Å²) < 4.78 is 14.5. The molecule has 0 spiro atoms. The second-order valence-electron chi connectivity index (χ2n) is 7.89. The molecule has 1 aliphatic heterocycles. The van der Waals surface area contributed by atoms with Crippen LogP contribution in [0.4, 0.5) is 4.39 Å².